The minimum Gasteiger partial charge on any atom is -0.459 e. The van der Waals surface area contributed by atoms with E-state index in [1.807, 2.05) is 42.5 Å². The maximum Gasteiger partial charge on any atom is 0.338 e. The summed E-state index contributed by atoms with van der Waals surface area (Å²) in [6, 6.07) is 13.3. The standard InChI is InChI=1S/C18H16O3/c19-17(21-13-18(20)10-4-1-5-11-18)16-9-8-14-6-2-3-7-15(14)12-16/h1-10,12,20H,11,13H2. The summed E-state index contributed by atoms with van der Waals surface area (Å²) in [6.45, 7) is -0.0422. The van der Waals surface area contributed by atoms with Crippen LogP contribution in [0.4, 0.5) is 0 Å². The highest BCUT2D eigenvalue weighted by atomic mass is 16.5. The lowest BCUT2D eigenvalue weighted by Crippen LogP contribution is -2.33. The Labute approximate surface area is 123 Å². The van der Waals surface area contributed by atoms with E-state index in [2.05, 4.69) is 0 Å². The van der Waals surface area contributed by atoms with Crippen LogP contribution < -0.4 is 0 Å². The molecule has 1 aliphatic rings. The van der Waals surface area contributed by atoms with E-state index in [4.69, 9.17) is 4.74 Å². The number of hydrogen-bond donors (Lipinski definition) is 1. The van der Waals surface area contributed by atoms with Crippen molar-refractivity contribution < 1.29 is 14.6 Å². The van der Waals surface area contributed by atoms with Crippen LogP contribution in [0.5, 0.6) is 0 Å². The SMILES string of the molecule is O=C(OCC1(O)C=CC=CC1)c1ccc2ccccc2c1. The fourth-order valence-corrected chi connectivity index (χ4v) is 2.35. The van der Waals surface area contributed by atoms with Crippen LogP contribution in [0.3, 0.4) is 0 Å². The van der Waals surface area contributed by atoms with Crippen LogP contribution in [-0.4, -0.2) is 23.3 Å². The van der Waals surface area contributed by atoms with Gasteiger partial charge in [-0.3, -0.25) is 0 Å². The van der Waals surface area contributed by atoms with Gasteiger partial charge >= 0.3 is 5.97 Å². The normalized spacial score (nSPS) is 20.6. The number of esters is 1. The van der Waals surface area contributed by atoms with Crippen LogP contribution in [0.1, 0.15) is 16.8 Å². The average molecular weight is 280 g/mol. The summed E-state index contributed by atoms with van der Waals surface area (Å²) in [6.07, 6.45) is 7.58. The Morgan fingerprint density at radius 2 is 1.95 bits per heavy atom. The molecular formula is C18H16O3. The number of fused-ring (bicyclic) bond motifs is 1. The van der Waals surface area contributed by atoms with Crippen molar-refractivity contribution in [1.29, 1.82) is 0 Å². The molecule has 0 fully saturated rings. The molecule has 2 aromatic rings. The third kappa shape index (κ3) is 3.03. The zero-order chi connectivity index (χ0) is 14.7. The van der Waals surface area contributed by atoms with Gasteiger partial charge in [0.25, 0.3) is 0 Å². The molecule has 1 atom stereocenters. The Morgan fingerprint density at radius 3 is 2.71 bits per heavy atom. The Bertz CT molecular complexity index is 730. The highest BCUT2D eigenvalue weighted by Gasteiger charge is 2.25. The molecule has 0 aromatic heterocycles. The Hall–Kier alpha value is -2.39. The van der Waals surface area contributed by atoms with Crippen molar-refractivity contribution in [2.24, 2.45) is 0 Å². The number of rotatable bonds is 3. The van der Waals surface area contributed by atoms with Gasteiger partial charge in [-0.2, -0.15) is 0 Å². The number of hydrogen-bond acceptors (Lipinski definition) is 3. The quantitative estimate of drug-likeness (QED) is 0.878. The molecule has 106 valence electrons. The minimum absolute atomic E-state index is 0.0422. The fourth-order valence-electron chi connectivity index (χ4n) is 2.35. The molecule has 0 amide bonds. The third-order valence-corrected chi connectivity index (χ3v) is 3.56. The molecule has 0 saturated carbocycles. The van der Waals surface area contributed by atoms with E-state index in [-0.39, 0.29) is 6.61 Å². The predicted molar refractivity (Wildman–Crippen MR) is 82.1 cm³/mol. The van der Waals surface area contributed by atoms with Crippen LogP contribution in [-0.2, 0) is 4.74 Å². The van der Waals surface area contributed by atoms with E-state index in [9.17, 15) is 9.90 Å². The second kappa shape index (κ2) is 5.54. The van der Waals surface area contributed by atoms with Crippen LogP contribution in [0.25, 0.3) is 10.8 Å². The van der Waals surface area contributed by atoms with Gasteiger partial charge in [0.1, 0.15) is 12.2 Å². The van der Waals surface area contributed by atoms with E-state index < -0.39 is 11.6 Å². The number of carbonyl (C=O) groups is 1. The topological polar surface area (TPSA) is 46.5 Å². The van der Waals surface area contributed by atoms with Crippen LogP contribution in [0.15, 0.2) is 66.8 Å². The molecule has 21 heavy (non-hydrogen) atoms. The molecule has 0 heterocycles. The second-order valence-electron chi connectivity index (χ2n) is 5.23. The second-order valence-corrected chi connectivity index (χ2v) is 5.23. The summed E-state index contributed by atoms with van der Waals surface area (Å²) < 4.78 is 5.25. The molecule has 0 aliphatic heterocycles. The predicted octanol–water partition coefficient (Wildman–Crippen LogP) is 3.24. The molecule has 1 N–H and O–H groups in total. The fraction of sp³-hybridized carbons (Fsp3) is 0.167. The number of ether oxygens (including phenoxy) is 1. The average Bonchev–Trinajstić information content (AvgIpc) is 2.53. The molecular weight excluding hydrogens is 264 g/mol. The van der Waals surface area contributed by atoms with Gasteiger partial charge in [0.15, 0.2) is 0 Å². The van der Waals surface area contributed by atoms with Gasteiger partial charge < -0.3 is 9.84 Å². The first-order valence-corrected chi connectivity index (χ1v) is 6.89. The first-order valence-electron chi connectivity index (χ1n) is 6.89. The van der Waals surface area contributed by atoms with Gasteiger partial charge in [-0.15, -0.1) is 0 Å². The van der Waals surface area contributed by atoms with E-state index in [0.29, 0.717) is 12.0 Å². The first-order chi connectivity index (χ1) is 10.2. The molecule has 3 heteroatoms. The Morgan fingerprint density at radius 1 is 1.14 bits per heavy atom. The third-order valence-electron chi connectivity index (χ3n) is 3.56. The molecule has 0 radical (unpaired) electrons. The lowest BCUT2D eigenvalue weighted by atomic mass is 9.96. The zero-order valence-electron chi connectivity index (χ0n) is 11.5. The Kier molecular flexibility index (Phi) is 3.59. The van der Waals surface area contributed by atoms with Gasteiger partial charge in [-0.05, 0) is 29.0 Å². The van der Waals surface area contributed by atoms with Crippen molar-refractivity contribution >= 4 is 16.7 Å². The molecule has 1 aliphatic carbocycles. The van der Waals surface area contributed by atoms with Crippen LogP contribution in [0, 0.1) is 0 Å². The lowest BCUT2D eigenvalue weighted by Gasteiger charge is -2.24. The van der Waals surface area contributed by atoms with E-state index >= 15 is 0 Å². The summed E-state index contributed by atoms with van der Waals surface area (Å²) in [5, 5.41) is 12.3. The van der Waals surface area contributed by atoms with Crippen molar-refractivity contribution in [3.05, 3.63) is 72.3 Å². The Balaban J connectivity index is 1.72. The maximum atomic E-state index is 12.1. The lowest BCUT2D eigenvalue weighted by molar-refractivity contribution is -0.00332. The number of allylic oxidation sites excluding steroid dienone is 2. The molecule has 0 saturated heterocycles. The largest absolute Gasteiger partial charge is 0.459 e. The molecule has 0 bridgehead atoms. The summed E-state index contributed by atoms with van der Waals surface area (Å²) in [5.74, 6) is -0.419. The number of benzene rings is 2. The van der Waals surface area contributed by atoms with E-state index in [0.717, 1.165) is 10.8 Å². The van der Waals surface area contributed by atoms with Gasteiger partial charge in [-0.1, -0.05) is 48.6 Å². The minimum atomic E-state index is -1.10. The molecule has 2 aromatic carbocycles. The molecule has 3 nitrogen and oxygen atoms in total. The maximum absolute atomic E-state index is 12.1. The number of carbonyl (C=O) groups excluding carboxylic acids is 1. The first kappa shape index (κ1) is 13.6. The van der Waals surface area contributed by atoms with Crippen LogP contribution >= 0.6 is 0 Å². The summed E-state index contributed by atoms with van der Waals surface area (Å²) >= 11 is 0. The zero-order valence-corrected chi connectivity index (χ0v) is 11.5. The number of aliphatic hydroxyl groups is 1. The van der Waals surface area contributed by atoms with Crippen molar-refractivity contribution in [3.8, 4) is 0 Å². The van der Waals surface area contributed by atoms with Gasteiger partial charge in [0.2, 0.25) is 0 Å². The monoisotopic (exact) mass is 280 g/mol. The summed E-state index contributed by atoms with van der Waals surface area (Å²) in [5.41, 5.74) is -0.603. The summed E-state index contributed by atoms with van der Waals surface area (Å²) in [4.78, 5) is 12.1. The van der Waals surface area contributed by atoms with Gasteiger partial charge in [0, 0.05) is 6.42 Å². The van der Waals surface area contributed by atoms with Crippen molar-refractivity contribution in [2.75, 3.05) is 6.61 Å². The van der Waals surface area contributed by atoms with Gasteiger partial charge in [0.05, 0.1) is 5.56 Å². The van der Waals surface area contributed by atoms with E-state index in [1.54, 1.807) is 24.3 Å². The van der Waals surface area contributed by atoms with Gasteiger partial charge in [-0.25, -0.2) is 4.79 Å². The molecule has 3 rings (SSSR count). The van der Waals surface area contributed by atoms with Crippen LogP contribution in [0.2, 0.25) is 0 Å². The highest BCUT2D eigenvalue weighted by Crippen LogP contribution is 2.20. The molecule has 0 spiro atoms. The summed E-state index contributed by atoms with van der Waals surface area (Å²) in [7, 11) is 0. The van der Waals surface area contributed by atoms with Crippen molar-refractivity contribution in [1.82, 2.24) is 0 Å². The van der Waals surface area contributed by atoms with E-state index in [1.165, 1.54) is 0 Å². The molecule has 1 unspecified atom stereocenters. The smallest absolute Gasteiger partial charge is 0.338 e. The van der Waals surface area contributed by atoms with Crippen molar-refractivity contribution in [2.45, 2.75) is 12.0 Å². The highest BCUT2D eigenvalue weighted by molar-refractivity contribution is 5.95. The van der Waals surface area contributed by atoms with Crippen molar-refractivity contribution in [3.63, 3.8) is 0 Å².